The first kappa shape index (κ1) is 16.2. The molecule has 0 aliphatic carbocycles. The number of para-hydroxylation sites is 2. The highest BCUT2D eigenvalue weighted by atomic mass is 16.5. The van der Waals surface area contributed by atoms with Gasteiger partial charge in [0.15, 0.2) is 0 Å². The second-order valence-electron chi connectivity index (χ2n) is 6.84. The van der Waals surface area contributed by atoms with Crippen LogP contribution in [0.4, 0.5) is 11.4 Å². The molecule has 4 nitrogen and oxygen atoms in total. The van der Waals surface area contributed by atoms with Gasteiger partial charge >= 0.3 is 0 Å². The van der Waals surface area contributed by atoms with Gasteiger partial charge in [-0.3, -0.25) is 4.79 Å². The van der Waals surface area contributed by atoms with Crippen molar-refractivity contribution in [1.82, 2.24) is 0 Å². The van der Waals surface area contributed by atoms with Gasteiger partial charge in [0.2, 0.25) is 5.91 Å². The molecule has 1 fully saturated rings. The van der Waals surface area contributed by atoms with Crippen LogP contribution in [0.2, 0.25) is 0 Å². The highest BCUT2D eigenvalue weighted by molar-refractivity contribution is 5.91. The summed E-state index contributed by atoms with van der Waals surface area (Å²) in [5.41, 5.74) is 4.78. The Balaban J connectivity index is 1.45. The molecule has 1 N–H and O–H groups in total. The Morgan fingerprint density at radius 2 is 2.00 bits per heavy atom. The van der Waals surface area contributed by atoms with E-state index in [0.29, 0.717) is 6.42 Å². The van der Waals surface area contributed by atoms with Gasteiger partial charge in [0, 0.05) is 31.1 Å². The summed E-state index contributed by atoms with van der Waals surface area (Å²) < 4.78 is 5.57. The van der Waals surface area contributed by atoms with E-state index in [0.717, 1.165) is 50.2 Å². The van der Waals surface area contributed by atoms with Crippen LogP contribution in [0.1, 0.15) is 30.4 Å². The zero-order valence-corrected chi connectivity index (χ0v) is 14.4. The lowest BCUT2D eigenvalue weighted by atomic mass is 10.1. The molecule has 0 saturated carbocycles. The predicted molar refractivity (Wildman–Crippen MR) is 99.9 cm³/mol. The van der Waals surface area contributed by atoms with E-state index in [1.165, 1.54) is 11.3 Å². The number of benzene rings is 2. The number of hydrogen-bond donors (Lipinski definition) is 1. The molecule has 1 amide bonds. The molecular formula is C21H24N2O2. The van der Waals surface area contributed by atoms with Gasteiger partial charge in [0.05, 0.1) is 12.5 Å². The minimum Gasteiger partial charge on any atom is -0.378 e. The molecule has 2 aromatic carbocycles. The monoisotopic (exact) mass is 336 g/mol. The number of nitrogens with zero attached hydrogens (tertiary/aromatic N) is 1. The number of amides is 1. The van der Waals surface area contributed by atoms with E-state index in [4.69, 9.17) is 4.74 Å². The Kier molecular flexibility index (Phi) is 4.70. The molecule has 4 heteroatoms. The van der Waals surface area contributed by atoms with Crippen LogP contribution in [-0.4, -0.2) is 25.2 Å². The molecule has 0 radical (unpaired) electrons. The van der Waals surface area contributed by atoms with Crippen LogP contribution in [0.5, 0.6) is 0 Å². The summed E-state index contributed by atoms with van der Waals surface area (Å²) in [5.74, 6) is 0.0428. The highest BCUT2D eigenvalue weighted by Crippen LogP contribution is 2.30. The molecule has 0 spiro atoms. The lowest BCUT2D eigenvalue weighted by Gasteiger charge is -2.21. The first-order valence-corrected chi connectivity index (χ1v) is 9.12. The first-order valence-electron chi connectivity index (χ1n) is 9.12. The number of carbonyl (C=O) groups excluding carboxylic acids is 1. The van der Waals surface area contributed by atoms with Crippen molar-refractivity contribution in [3.8, 4) is 0 Å². The quantitative estimate of drug-likeness (QED) is 0.904. The lowest BCUT2D eigenvalue weighted by Crippen LogP contribution is -2.23. The third-order valence-electron chi connectivity index (χ3n) is 5.07. The topological polar surface area (TPSA) is 41.6 Å². The van der Waals surface area contributed by atoms with E-state index in [1.807, 2.05) is 18.2 Å². The maximum absolute atomic E-state index is 12.4. The van der Waals surface area contributed by atoms with Gasteiger partial charge < -0.3 is 15.0 Å². The van der Waals surface area contributed by atoms with Crippen molar-refractivity contribution in [1.29, 1.82) is 0 Å². The summed E-state index contributed by atoms with van der Waals surface area (Å²) in [6.07, 6.45) is 3.66. The zero-order chi connectivity index (χ0) is 17.1. The Morgan fingerprint density at radius 1 is 1.16 bits per heavy atom. The van der Waals surface area contributed by atoms with Crippen LogP contribution in [0.3, 0.4) is 0 Å². The standard InChI is InChI=1S/C21H24N2O2/c24-21(14-18-8-5-13-25-18)22-19-9-3-1-7-17(19)15-23-12-11-16-6-2-4-10-20(16)23/h1-4,6-7,9-10,18H,5,8,11-15H2,(H,22,24). The van der Waals surface area contributed by atoms with E-state index in [2.05, 4.69) is 40.5 Å². The van der Waals surface area contributed by atoms with Gasteiger partial charge in [0.25, 0.3) is 0 Å². The van der Waals surface area contributed by atoms with Gasteiger partial charge in [-0.2, -0.15) is 0 Å². The molecular weight excluding hydrogens is 312 g/mol. The third kappa shape index (κ3) is 3.69. The molecule has 0 aromatic heterocycles. The maximum atomic E-state index is 12.4. The van der Waals surface area contributed by atoms with E-state index in [-0.39, 0.29) is 12.0 Å². The van der Waals surface area contributed by atoms with E-state index in [1.54, 1.807) is 0 Å². The molecule has 4 rings (SSSR count). The van der Waals surface area contributed by atoms with Crippen LogP contribution in [0.25, 0.3) is 0 Å². The van der Waals surface area contributed by atoms with Crippen LogP contribution in [0, 0.1) is 0 Å². The molecule has 1 unspecified atom stereocenters. The largest absolute Gasteiger partial charge is 0.378 e. The third-order valence-corrected chi connectivity index (χ3v) is 5.07. The summed E-state index contributed by atoms with van der Waals surface area (Å²) in [5, 5.41) is 3.09. The smallest absolute Gasteiger partial charge is 0.226 e. The van der Waals surface area contributed by atoms with Crippen LogP contribution in [0.15, 0.2) is 48.5 Å². The summed E-state index contributed by atoms with van der Waals surface area (Å²) in [7, 11) is 0. The molecule has 0 bridgehead atoms. The number of anilines is 2. The fourth-order valence-corrected chi connectivity index (χ4v) is 3.77. The van der Waals surface area contributed by atoms with Crippen molar-refractivity contribution in [2.45, 2.75) is 38.3 Å². The predicted octanol–water partition coefficient (Wildman–Crippen LogP) is 3.76. The summed E-state index contributed by atoms with van der Waals surface area (Å²) >= 11 is 0. The maximum Gasteiger partial charge on any atom is 0.226 e. The summed E-state index contributed by atoms with van der Waals surface area (Å²) in [6.45, 7) is 2.62. The van der Waals surface area contributed by atoms with Crippen molar-refractivity contribution >= 4 is 17.3 Å². The number of fused-ring (bicyclic) bond motifs is 1. The molecule has 1 atom stereocenters. The second-order valence-corrected chi connectivity index (χ2v) is 6.84. The van der Waals surface area contributed by atoms with Gasteiger partial charge in [-0.1, -0.05) is 36.4 Å². The normalized spacial score (nSPS) is 19.0. The Bertz CT molecular complexity index is 753. The van der Waals surface area contributed by atoms with E-state index < -0.39 is 0 Å². The van der Waals surface area contributed by atoms with Crippen molar-refractivity contribution < 1.29 is 9.53 Å². The summed E-state index contributed by atoms with van der Waals surface area (Å²) in [4.78, 5) is 14.7. The van der Waals surface area contributed by atoms with Gasteiger partial charge in [-0.05, 0) is 42.5 Å². The average Bonchev–Trinajstić information content (AvgIpc) is 3.27. The van der Waals surface area contributed by atoms with Crippen LogP contribution >= 0.6 is 0 Å². The number of nitrogens with one attached hydrogen (secondary N) is 1. The van der Waals surface area contributed by atoms with Crippen molar-refractivity contribution in [3.05, 3.63) is 59.7 Å². The van der Waals surface area contributed by atoms with Crippen molar-refractivity contribution in [3.63, 3.8) is 0 Å². The highest BCUT2D eigenvalue weighted by Gasteiger charge is 2.21. The zero-order valence-electron chi connectivity index (χ0n) is 14.4. The molecule has 2 aliphatic rings. The molecule has 2 aromatic rings. The minimum absolute atomic E-state index is 0.0428. The molecule has 2 heterocycles. The number of carbonyl (C=O) groups is 1. The average molecular weight is 336 g/mol. The van der Waals surface area contributed by atoms with Gasteiger partial charge in [-0.25, -0.2) is 0 Å². The Hall–Kier alpha value is -2.33. The fourth-order valence-electron chi connectivity index (χ4n) is 3.77. The van der Waals surface area contributed by atoms with Crippen molar-refractivity contribution in [2.75, 3.05) is 23.4 Å². The second kappa shape index (κ2) is 7.28. The van der Waals surface area contributed by atoms with Gasteiger partial charge in [0.1, 0.15) is 0 Å². The van der Waals surface area contributed by atoms with Crippen LogP contribution < -0.4 is 10.2 Å². The Labute approximate surface area is 148 Å². The number of hydrogen-bond acceptors (Lipinski definition) is 3. The SMILES string of the molecule is O=C(CC1CCCO1)Nc1ccccc1CN1CCc2ccccc21. The lowest BCUT2D eigenvalue weighted by molar-refractivity contribution is -0.118. The first-order chi connectivity index (χ1) is 12.3. The molecule has 25 heavy (non-hydrogen) atoms. The molecule has 130 valence electrons. The molecule has 2 aliphatic heterocycles. The Morgan fingerprint density at radius 3 is 2.88 bits per heavy atom. The van der Waals surface area contributed by atoms with E-state index >= 15 is 0 Å². The van der Waals surface area contributed by atoms with Crippen molar-refractivity contribution in [2.24, 2.45) is 0 Å². The fraction of sp³-hybridized carbons (Fsp3) is 0.381. The van der Waals surface area contributed by atoms with Gasteiger partial charge in [-0.15, -0.1) is 0 Å². The molecule has 1 saturated heterocycles. The summed E-state index contributed by atoms with van der Waals surface area (Å²) in [6, 6.07) is 16.7. The number of rotatable bonds is 5. The number of ether oxygens (including phenoxy) is 1. The van der Waals surface area contributed by atoms with E-state index in [9.17, 15) is 4.79 Å². The van der Waals surface area contributed by atoms with Crippen LogP contribution in [-0.2, 0) is 22.5 Å². The minimum atomic E-state index is 0.0428.